The van der Waals surface area contributed by atoms with E-state index in [2.05, 4.69) is 12.2 Å². The number of aliphatic hydroxyl groups excluding tert-OH is 1. The van der Waals surface area contributed by atoms with Gasteiger partial charge in [0.1, 0.15) is 0 Å². The monoisotopic (exact) mass is 268 g/mol. The molecule has 108 valence electrons. The van der Waals surface area contributed by atoms with Crippen LogP contribution in [0.3, 0.4) is 0 Å². The van der Waals surface area contributed by atoms with E-state index in [0.717, 1.165) is 32.4 Å². The van der Waals surface area contributed by atoms with Crippen LogP contribution in [0.1, 0.15) is 26.2 Å². The van der Waals surface area contributed by atoms with Gasteiger partial charge in [-0.15, -0.1) is 0 Å². The quantitative estimate of drug-likeness (QED) is 0.719. The van der Waals surface area contributed by atoms with E-state index >= 15 is 0 Å². The molecule has 0 radical (unpaired) electrons. The summed E-state index contributed by atoms with van der Waals surface area (Å²) in [6, 6.07) is 0. The van der Waals surface area contributed by atoms with Crippen LogP contribution in [-0.4, -0.2) is 55.0 Å². The van der Waals surface area contributed by atoms with Crippen LogP contribution < -0.4 is 5.32 Å². The first-order valence-electron chi connectivity index (χ1n) is 6.61. The number of nitrogens with zero attached hydrogens (tertiary/aromatic N) is 1. The van der Waals surface area contributed by atoms with E-state index in [-0.39, 0.29) is 6.54 Å². The van der Waals surface area contributed by atoms with E-state index in [1.54, 1.807) is 4.90 Å². The van der Waals surface area contributed by atoms with E-state index < -0.39 is 12.3 Å². The molecule has 0 aliphatic carbocycles. The molecule has 2 N–H and O–H groups in total. The highest BCUT2D eigenvalue weighted by Gasteiger charge is 2.39. The van der Waals surface area contributed by atoms with Crippen LogP contribution in [0.2, 0.25) is 0 Å². The number of halogens is 3. The molecule has 2 unspecified atom stereocenters. The molecule has 18 heavy (non-hydrogen) atoms. The van der Waals surface area contributed by atoms with Gasteiger partial charge in [-0.25, -0.2) is 0 Å². The summed E-state index contributed by atoms with van der Waals surface area (Å²) in [7, 11) is 0. The minimum Gasteiger partial charge on any atom is -0.382 e. The van der Waals surface area contributed by atoms with Gasteiger partial charge in [0, 0.05) is 13.1 Å². The summed E-state index contributed by atoms with van der Waals surface area (Å²) < 4.78 is 36.8. The Kier molecular flexibility index (Phi) is 6.38. The summed E-state index contributed by atoms with van der Waals surface area (Å²) >= 11 is 0. The summed E-state index contributed by atoms with van der Waals surface area (Å²) in [5.41, 5.74) is 0. The van der Waals surface area contributed by atoms with Gasteiger partial charge in [0.15, 0.2) is 6.10 Å². The molecular formula is C12H23F3N2O. The molecule has 0 aromatic carbocycles. The van der Waals surface area contributed by atoms with Gasteiger partial charge in [0.2, 0.25) is 0 Å². The van der Waals surface area contributed by atoms with E-state index in [1.807, 2.05) is 0 Å². The molecule has 1 saturated heterocycles. The Labute approximate surface area is 106 Å². The number of aliphatic hydroxyl groups is 1. The van der Waals surface area contributed by atoms with E-state index in [4.69, 9.17) is 5.11 Å². The van der Waals surface area contributed by atoms with Crippen molar-refractivity contribution in [3.63, 3.8) is 0 Å². The minimum atomic E-state index is -4.51. The SMILES string of the molecule is CCCNCC1CCCN(CC(O)C(F)(F)F)C1. The Hall–Kier alpha value is -0.330. The van der Waals surface area contributed by atoms with Gasteiger partial charge in [-0.1, -0.05) is 6.92 Å². The number of nitrogens with one attached hydrogen (secondary N) is 1. The summed E-state index contributed by atoms with van der Waals surface area (Å²) in [6.07, 6.45) is -3.71. The molecule has 1 rings (SSSR count). The van der Waals surface area contributed by atoms with Crippen molar-refractivity contribution in [1.82, 2.24) is 10.2 Å². The summed E-state index contributed by atoms with van der Waals surface area (Å²) in [6.45, 7) is 4.88. The Morgan fingerprint density at radius 3 is 2.78 bits per heavy atom. The number of piperidine rings is 1. The molecule has 1 aliphatic heterocycles. The van der Waals surface area contributed by atoms with Crippen molar-refractivity contribution in [3.8, 4) is 0 Å². The smallest absolute Gasteiger partial charge is 0.382 e. The van der Waals surface area contributed by atoms with Gasteiger partial charge in [-0.05, 0) is 44.8 Å². The maximum atomic E-state index is 12.3. The molecule has 1 heterocycles. The second-order valence-electron chi connectivity index (χ2n) is 5.03. The molecule has 1 fully saturated rings. The third-order valence-electron chi connectivity index (χ3n) is 3.27. The summed E-state index contributed by atoms with van der Waals surface area (Å²) in [5.74, 6) is 0.394. The normalized spacial score (nSPS) is 24.2. The first kappa shape index (κ1) is 15.7. The molecule has 1 aliphatic rings. The number of rotatable bonds is 6. The lowest BCUT2D eigenvalue weighted by molar-refractivity contribution is -0.209. The number of alkyl halides is 3. The van der Waals surface area contributed by atoms with Crippen LogP contribution in [-0.2, 0) is 0 Å². The average molecular weight is 268 g/mol. The molecule has 0 amide bonds. The van der Waals surface area contributed by atoms with Crippen LogP contribution in [0.4, 0.5) is 13.2 Å². The molecule has 6 heteroatoms. The van der Waals surface area contributed by atoms with E-state index in [1.165, 1.54) is 0 Å². The molecule has 0 aromatic rings. The van der Waals surface area contributed by atoms with Gasteiger partial charge in [-0.2, -0.15) is 13.2 Å². The molecule has 0 saturated carbocycles. The fraction of sp³-hybridized carbons (Fsp3) is 1.00. The van der Waals surface area contributed by atoms with Crippen LogP contribution in [0.15, 0.2) is 0 Å². The Morgan fingerprint density at radius 1 is 1.44 bits per heavy atom. The highest BCUT2D eigenvalue weighted by molar-refractivity contribution is 4.78. The number of hydrogen-bond acceptors (Lipinski definition) is 3. The lowest BCUT2D eigenvalue weighted by Crippen LogP contribution is -2.46. The molecule has 0 bridgehead atoms. The fourth-order valence-corrected chi connectivity index (χ4v) is 2.31. The highest BCUT2D eigenvalue weighted by atomic mass is 19.4. The van der Waals surface area contributed by atoms with Crippen molar-refractivity contribution in [3.05, 3.63) is 0 Å². The van der Waals surface area contributed by atoms with Crippen LogP contribution in [0.5, 0.6) is 0 Å². The predicted octanol–water partition coefficient (Wildman–Crippen LogP) is 1.62. The standard InChI is InChI=1S/C12H23F3N2O/c1-2-5-16-7-10-4-3-6-17(8-10)9-11(18)12(13,14)15/h10-11,16,18H,2-9H2,1H3. The Balaban J connectivity index is 2.30. The highest BCUT2D eigenvalue weighted by Crippen LogP contribution is 2.23. The minimum absolute atomic E-state index is 0.298. The lowest BCUT2D eigenvalue weighted by atomic mass is 9.97. The molecular weight excluding hydrogens is 245 g/mol. The lowest BCUT2D eigenvalue weighted by Gasteiger charge is -2.34. The fourth-order valence-electron chi connectivity index (χ4n) is 2.31. The summed E-state index contributed by atoms with van der Waals surface area (Å²) in [4.78, 5) is 1.72. The molecule has 0 spiro atoms. The van der Waals surface area contributed by atoms with Crippen molar-refractivity contribution >= 4 is 0 Å². The van der Waals surface area contributed by atoms with Crippen LogP contribution in [0, 0.1) is 5.92 Å². The van der Waals surface area contributed by atoms with E-state index in [9.17, 15) is 13.2 Å². The average Bonchev–Trinajstić information content (AvgIpc) is 2.28. The van der Waals surface area contributed by atoms with Crippen molar-refractivity contribution in [2.24, 2.45) is 5.92 Å². The van der Waals surface area contributed by atoms with Crippen molar-refractivity contribution in [1.29, 1.82) is 0 Å². The third-order valence-corrected chi connectivity index (χ3v) is 3.27. The Morgan fingerprint density at radius 2 is 2.17 bits per heavy atom. The number of hydrogen-bond donors (Lipinski definition) is 2. The van der Waals surface area contributed by atoms with Crippen molar-refractivity contribution < 1.29 is 18.3 Å². The van der Waals surface area contributed by atoms with Crippen molar-refractivity contribution in [2.75, 3.05) is 32.7 Å². The molecule has 2 atom stereocenters. The maximum absolute atomic E-state index is 12.3. The molecule has 3 nitrogen and oxygen atoms in total. The van der Waals surface area contributed by atoms with Gasteiger partial charge in [0.05, 0.1) is 0 Å². The second kappa shape index (κ2) is 7.31. The van der Waals surface area contributed by atoms with Gasteiger partial charge >= 0.3 is 6.18 Å². The zero-order valence-electron chi connectivity index (χ0n) is 10.8. The Bertz CT molecular complexity index is 236. The third kappa shape index (κ3) is 5.54. The van der Waals surface area contributed by atoms with Gasteiger partial charge < -0.3 is 15.3 Å². The number of likely N-dealkylation sites (tertiary alicyclic amines) is 1. The van der Waals surface area contributed by atoms with Crippen LogP contribution >= 0.6 is 0 Å². The molecule has 0 aromatic heterocycles. The van der Waals surface area contributed by atoms with Crippen LogP contribution in [0.25, 0.3) is 0 Å². The second-order valence-corrected chi connectivity index (χ2v) is 5.03. The zero-order valence-corrected chi connectivity index (χ0v) is 10.8. The predicted molar refractivity (Wildman–Crippen MR) is 64.4 cm³/mol. The van der Waals surface area contributed by atoms with Crippen molar-refractivity contribution in [2.45, 2.75) is 38.5 Å². The van der Waals surface area contributed by atoms with Gasteiger partial charge in [0.25, 0.3) is 0 Å². The van der Waals surface area contributed by atoms with E-state index in [0.29, 0.717) is 19.0 Å². The first-order chi connectivity index (χ1) is 8.43. The van der Waals surface area contributed by atoms with Gasteiger partial charge in [-0.3, -0.25) is 0 Å². The maximum Gasteiger partial charge on any atom is 0.415 e. The zero-order chi connectivity index (χ0) is 13.6. The topological polar surface area (TPSA) is 35.5 Å². The number of β-amino-alcohol motifs (C(OH)–C–C–N with tert-alkyl or cyclic N) is 1. The first-order valence-corrected chi connectivity index (χ1v) is 6.61. The summed E-state index contributed by atoms with van der Waals surface area (Å²) in [5, 5.41) is 12.4. The largest absolute Gasteiger partial charge is 0.415 e.